The highest BCUT2D eigenvalue weighted by Gasteiger charge is 2.21. The van der Waals surface area contributed by atoms with Gasteiger partial charge in [0.05, 0.1) is 6.04 Å². The Morgan fingerprint density at radius 3 is 2.95 bits per heavy atom. The van der Waals surface area contributed by atoms with Crippen molar-refractivity contribution in [1.29, 1.82) is 0 Å². The molecule has 0 saturated carbocycles. The van der Waals surface area contributed by atoms with Crippen molar-refractivity contribution in [2.75, 3.05) is 5.73 Å². The monoisotopic (exact) mass is 286 g/mol. The molecule has 3 aromatic rings. The van der Waals surface area contributed by atoms with E-state index in [1.165, 1.54) is 4.88 Å². The number of fused-ring (bicyclic) bond motifs is 1. The zero-order chi connectivity index (χ0) is 14.1. The molecule has 3 heterocycles. The summed E-state index contributed by atoms with van der Waals surface area (Å²) in [7, 11) is 0. The molecule has 0 aromatic carbocycles. The maximum atomic E-state index is 6.18. The number of nitrogen functional groups attached to an aromatic ring is 1. The number of imidazole rings is 1. The summed E-state index contributed by atoms with van der Waals surface area (Å²) in [6.07, 6.45) is 3.95. The summed E-state index contributed by atoms with van der Waals surface area (Å²) in [4.78, 5) is 10.3. The smallest absolute Gasteiger partial charge is 0.203 e. The predicted molar refractivity (Wildman–Crippen MR) is 84.0 cm³/mol. The van der Waals surface area contributed by atoms with E-state index < -0.39 is 0 Å². The molecule has 0 aliphatic carbocycles. The second-order valence-electron chi connectivity index (χ2n) is 4.96. The molecule has 0 aliphatic heterocycles. The molecule has 4 nitrogen and oxygen atoms in total. The van der Waals surface area contributed by atoms with E-state index in [1.54, 1.807) is 11.3 Å². The number of thiophene rings is 1. The lowest BCUT2D eigenvalue weighted by molar-refractivity contribution is 0.557. The third-order valence-electron chi connectivity index (χ3n) is 3.55. The Hall–Kier alpha value is -1.88. The van der Waals surface area contributed by atoms with E-state index in [0.29, 0.717) is 5.95 Å². The van der Waals surface area contributed by atoms with Crippen LogP contribution in [0.5, 0.6) is 0 Å². The van der Waals surface area contributed by atoms with Gasteiger partial charge in [0.25, 0.3) is 0 Å². The molecule has 0 fully saturated rings. The van der Waals surface area contributed by atoms with Crippen LogP contribution in [0.1, 0.15) is 36.2 Å². The molecule has 0 bridgehead atoms. The van der Waals surface area contributed by atoms with E-state index in [4.69, 9.17) is 5.73 Å². The van der Waals surface area contributed by atoms with Crippen LogP contribution in [-0.4, -0.2) is 14.5 Å². The van der Waals surface area contributed by atoms with Gasteiger partial charge in [0.15, 0.2) is 5.65 Å². The van der Waals surface area contributed by atoms with Crippen LogP contribution < -0.4 is 5.73 Å². The first-order chi connectivity index (χ1) is 9.72. The van der Waals surface area contributed by atoms with Gasteiger partial charge in [0.1, 0.15) is 5.52 Å². The van der Waals surface area contributed by atoms with E-state index in [2.05, 4.69) is 39.0 Å². The zero-order valence-electron chi connectivity index (χ0n) is 11.7. The van der Waals surface area contributed by atoms with Gasteiger partial charge in [-0.1, -0.05) is 19.4 Å². The molecule has 0 amide bonds. The number of nitrogens with zero attached hydrogens (tertiary/aromatic N) is 3. The molecule has 0 aliphatic rings. The van der Waals surface area contributed by atoms with Crippen molar-refractivity contribution in [3.05, 3.63) is 40.2 Å². The second-order valence-corrected chi connectivity index (χ2v) is 5.94. The normalized spacial score (nSPS) is 12.9. The minimum atomic E-state index is 0.222. The van der Waals surface area contributed by atoms with Gasteiger partial charge >= 0.3 is 0 Å². The standard InChI is InChI=1S/C15H18N4S/c1-3-5-11(12-6-4-9-20-12)19-14-13(18-15(19)16)10(2)7-8-17-14/h4,6-9,11H,3,5H2,1-2H3,(H2,16,18). The number of rotatable bonds is 4. The van der Waals surface area contributed by atoms with Crippen molar-refractivity contribution >= 4 is 28.4 Å². The SMILES string of the molecule is CCCC(c1cccs1)n1c(N)nc2c(C)ccnc21. The van der Waals surface area contributed by atoms with Gasteiger partial charge in [0.2, 0.25) is 5.95 Å². The summed E-state index contributed by atoms with van der Waals surface area (Å²) in [5.41, 5.74) is 9.08. The van der Waals surface area contributed by atoms with Crippen LogP contribution in [0.3, 0.4) is 0 Å². The maximum absolute atomic E-state index is 6.18. The minimum Gasteiger partial charge on any atom is -0.369 e. The fraction of sp³-hybridized carbons (Fsp3) is 0.333. The summed E-state index contributed by atoms with van der Waals surface area (Å²) >= 11 is 1.76. The van der Waals surface area contributed by atoms with Gasteiger partial charge in [-0.25, -0.2) is 9.97 Å². The number of pyridine rings is 1. The molecular weight excluding hydrogens is 268 g/mol. The quantitative estimate of drug-likeness (QED) is 0.794. The topological polar surface area (TPSA) is 56.7 Å². The molecule has 3 rings (SSSR count). The summed E-state index contributed by atoms with van der Waals surface area (Å²) in [6.45, 7) is 4.23. The van der Waals surface area contributed by atoms with Crippen molar-refractivity contribution in [3.63, 3.8) is 0 Å². The van der Waals surface area contributed by atoms with Gasteiger partial charge < -0.3 is 5.73 Å². The molecule has 1 atom stereocenters. The number of hydrogen-bond donors (Lipinski definition) is 1. The molecule has 0 saturated heterocycles. The first kappa shape index (κ1) is 13.1. The van der Waals surface area contributed by atoms with E-state index in [1.807, 2.05) is 19.2 Å². The van der Waals surface area contributed by atoms with Gasteiger partial charge in [0, 0.05) is 11.1 Å². The van der Waals surface area contributed by atoms with Crippen LogP contribution in [0.15, 0.2) is 29.8 Å². The predicted octanol–water partition coefficient (Wildman–Crippen LogP) is 3.77. The molecule has 0 radical (unpaired) electrons. The maximum Gasteiger partial charge on any atom is 0.203 e. The lowest BCUT2D eigenvalue weighted by Crippen LogP contribution is -2.12. The van der Waals surface area contributed by atoms with Gasteiger partial charge in [-0.05, 0) is 36.4 Å². The molecule has 2 N–H and O–H groups in total. The van der Waals surface area contributed by atoms with Crippen molar-refractivity contribution in [2.45, 2.75) is 32.7 Å². The van der Waals surface area contributed by atoms with Gasteiger partial charge in [-0.3, -0.25) is 4.57 Å². The van der Waals surface area contributed by atoms with Crippen LogP contribution in [-0.2, 0) is 0 Å². The first-order valence-electron chi connectivity index (χ1n) is 6.84. The zero-order valence-corrected chi connectivity index (χ0v) is 12.5. The molecular formula is C15H18N4S. The Kier molecular flexibility index (Phi) is 3.44. The summed E-state index contributed by atoms with van der Waals surface area (Å²) in [5.74, 6) is 0.550. The van der Waals surface area contributed by atoms with Crippen LogP contribution in [0, 0.1) is 6.92 Å². The van der Waals surface area contributed by atoms with Crippen molar-refractivity contribution in [2.24, 2.45) is 0 Å². The van der Waals surface area contributed by atoms with E-state index in [0.717, 1.165) is 29.6 Å². The van der Waals surface area contributed by atoms with Gasteiger partial charge in [-0.2, -0.15) is 0 Å². The Bertz CT molecular complexity index is 715. The van der Waals surface area contributed by atoms with Crippen LogP contribution in [0.25, 0.3) is 11.2 Å². The highest BCUT2D eigenvalue weighted by molar-refractivity contribution is 7.10. The van der Waals surface area contributed by atoms with Crippen LogP contribution >= 0.6 is 11.3 Å². The second kappa shape index (κ2) is 5.25. The number of anilines is 1. The summed E-state index contributed by atoms with van der Waals surface area (Å²) in [6, 6.07) is 6.43. The van der Waals surface area contributed by atoms with E-state index >= 15 is 0 Å². The molecule has 20 heavy (non-hydrogen) atoms. The number of aryl methyl sites for hydroxylation is 1. The molecule has 104 valence electrons. The third kappa shape index (κ3) is 2.08. The Balaban J connectivity index is 2.21. The molecule has 1 unspecified atom stereocenters. The highest BCUT2D eigenvalue weighted by Crippen LogP contribution is 2.32. The number of hydrogen-bond acceptors (Lipinski definition) is 4. The Morgan fingerprint density at radius 2 is 2.25 bits per heavy atom. The van der Waals surface area contributed by atoms with Gasteiger partial charge in [-0.15, -0.1) is 11.3 Å². The molecule has 5 heteroatoms. The van der Waals surface area contributed by atoms with Crippen molar-refractivity contribution in [3.8, 4) is 0 Å². The average Bonchev–Trinajstić information content (AvgIpc) is 3.05. The lowest BCUT2D eigenvalue weighted by atomic mass is 10.1. The molecule has 0 spiro atoms. The van der Waals surface area contributed by atoms with Crippen molar-refractivity contribution < 1.29 is 0 Å². The third-order valence-corrected chi connectivity index (χ3v) is 4.53. The fourth-order valence-electron chi connectivity index (χ4n) is 2.59. The summed E-state index contributed by atoms with van der Waals surface area (Å²) < 4.78 is 2.08. The van der Waals surface area contributed by atoms with Crippen LogP contribution in [0.2, 0.25) is 0 Å². The number of nitrogens with two attached hydrogens (primary N) is 1. The average molecular weight is 286 g/mol. The largest absolute Gasteiger partial charge is 0.369 e. The Morgan fingerprint density at radius 1 is 1.40 bits per heavy atom. The first-order valence-corrected chi connectivity index (χ1v) is 7.72. The molecule has 3 aromatic heterocycles. The van der Waals surface area contributed by atoms with E-state index in [-0.39, 0.29) is 6.04 Å². The highest BCUT2D eigenvalue weighted by atomic mass is 32.1. The van der Waals surface area contributed by atoms with Crippen LogP contribution in [0.4, 0.5) is 5.95 Å². The number of aromatic nitrogens is 3. The van der Waals surface area contributed by atoms with E-state index in [9.17, 15) is 0 Å². The summed E-state index contributed by atoms with van der Waals surface area (Å²) in [5, 5.41) is 2.10. The van der Waals surface area contributed by atoms with Crippen molar-refractivity contribution in [1.82, 2.24) is 14.5 Å². The Labute approximate surface area is 122 Å². The lowest BCUT2D eigenvalue weighted by Gasteiger charge is -2.18. The fourth-order valence-corrected chi connectivity index (χ4v) is 3.44. The minimum absolute atomic E-state index is 0.222.